The van der Waals surface area contributed by atoms with Gasteiger partial charge in [0.25, 0.3) is 0 Å². The molecule has 0 fully saturated rings. The topological polar surface area (TPSA) is 41.1 Å². The first kappa shape index (κ1) is 19.5. The number of hydrogen-bond acceptors (Lipinski definition) is 2. The van der Waals surface area contributed by atoms with Gasteiger partial charge in [-0.3, -0.25) is 4.79 Å². The molecule has 0 aliphatic rings. The Kier molecular flexibility index (Phi) is 6.58. The van der Waals surface area contributed by atoms with E-state index in [0.717, 1.165) is 25.9 Å². The molecule has 0 atom stereocenters. The summed E-state index contributed by atoms with van der Waals surface area (Å²) in [6.45, 7) is 2.01. The standard InChI is InChI=1S/C22H19IN2OS/c1-15-14-18(23)12-13-19(15)24-22(27)25-21(26)20(16-8-4-2-5-9-16)17-10-6-3-7-11-17/h2-14,20H,1H3,(H2,24,25,26,27). The molecule has 3 aromatic rings. The van der Waals surface area contributed by atoms with Gasteiger partial charge in [-0.2, -0.15) is 0 Å². The Balaban J connectivity index is 1.79. The molecule has 136 valence electrons. The Bertz CT molecular complexity index is 906. The number of hydrogen-bond donors (Lipinski definition) is 2. The van der Waals surface area contributed by atoms with E-state index in [1.54, 1.807) is 0 Å². The highest BCUT2D eigenvalue weighted by Gasteiger charge is 2.23. The van der Waals surface area contributed by atoms with Crippen LogP contribution in [0.3, 0.4) is 0 Å². The average molecular weight is 486 g/mol. The third-order valence-electron chi connectivity index (χ3n) is 4.20. The fourth-order valence-corrected chi connectivity index (χ4v) is 3.75. The summed E-state index contributed by atoms with van der Waals surface area (Å²) in [6, 6.07) is 25.5. The summed E-state index contributed by atoms with van der Waals surface area (Å²) < 4.78 is 1.15. The zero-order valence-electron chi connectivity index (χ0n) is 14.8. The number of amides is 1. The van der Waals surface area contributed by atoms with Crippen LogP contribution >= 0.6 is 34.8 Å². The van der Waals surface area contributed by atoms with E-state index in [0.29, 0.717) is 5.11 Å². The van der Waals surface area contributed by atoms with Crippen LogP contribution in [-0.4, -0.2) is 11.0 Å². The van der Waals surface area contributed by atoms with Gasteiger partial charge < -0.3 is 10.6 Å². The van der Waals surface area contributed by atoms with E-state index in [2.05, 4.69) is 39.3 Å². The highest BCUT2D eigenvalue weighted by molar-refractivity contribution is 14.1. The lowest BCUT2D eigenvalue weighted by Crippen LogP contribution is -2.38. The van der Waals surface area contributed by atoms with Crippen molar-refractivity contribution in [1.29, 1.82) is 0 Å². The van der Waals surface area contributed by atoms with Crippen LogP contribution < -0.4 is 10.6 Å². The van der Waals surface area contributed by atoms with Crippen LogP contribution in [0.1, 0.15) is 22.6 Å². The van der Waals surface area contributed by atoms with Gasteiger partial charge in [-0.25, -0.2) is 0 Å². The average Bonchev–Trinajstić information content (AvgIpc) is 2.66. The summed E-state index contributed by atoms with van der Waals surface area (Å²) in [4.78, 5) is 13.0. The third kappa shape index (κ3) is 5.14. The smallest absolute Gasteiger partial charge is 0.238 e. The second-order valence-corrected chi connectivity index (χ2v) is 7.81. The largest absolute Gasteiger partial charge is 0.332 e. The Morgan fingerprint density at radius 2 is 1.48 bits per heavy atom. The minimum atomic E-state index is -0.426. The van der Waals surface area contributed by atoms with Crippen molar-refractivity contribution in [2.45, 2.75) is 12.8 Å². The van der Waals surface area contributed by atoms with E-state index in [-0.39, 0.29) is 5.91 Å². The maximum atomic E-state index is 13.0. The van der Waals surface area contributed by atoms with Gasteiger partial charge in [0.1, 0.15) is 0 Å². The molecule has 3 aromatic carbocycles. The van der Waals surface area contributed by atoms with E-state index >= 15 is 0 Å². The molecule has 5 heteroatoms. The van der Waals surface area contributed by atoms with E-state index in [9.17, 15) is 4.79 Å². The van der Waals surface area contributed by atoms with Crippen molar-refractivity contribution in [2.75, 3.05) is 5.32 Å². The molecule has 0 saturated carbocycles. The number of anilines is 1. The van der Waals surface area contributed by atoms with Crippen molar-refractivity contribution in [3.05, 3.63) is 99.1 Å². The van der Waals surface area contributed by atoms with Crippen LogP contribution in [0.25, 0.3) is 0 Å². The van der Waals surface area contributed by atoms with Crippen molar-refractivity contribution in [3.8, 4) is 0 Å². The molecule has 1 amide bonds. The number of carbonyl (C=O) groups excluding carboxylic acids is 1. The summed E-state index contributed by atoms with van der Waals surface area (Å²) in [7, 11) is 0. The van der Waals surface area contributed by atoms with Gasteiger partial charge in [-0.1, -0.05) is 60.7 Å². The molecular weight excluding hydrogens is 467 g/mol. The quantitative estimate of drug-likeness (QED) is 0.391. The number of halogens is 1. The normalized spacial score (nSPS) is 10.5. The van der Waals surface area contributed by atoms with Crippen LogP contribution in [0.15, 0.2) is 78.9 Å². The van der Waals surface area contributed by atoms with E-state index in [1.165, 1.54) is 0 Å². The number of benzene rings is 3. The molecule has 0 unspecified atom stereocenters. The molecule has 3 rings (SSSR count). The number of carbonyl (C=O) groups is 1. The second kappa shape index (κ2) is 9.10. The van der Waals surface area contributed by atoms with Crippen LogP contribution in [0.5, 0.6) is 0 Å². The highest BCUT2D eigenvalue weighted by Crippen LogP contribution is 2.25. The fraction of sp³-hybridized carbons (Fsp3) is 0.0909. The lowest BCUT2D eigenvalue weighted by atomic mass is 9.90. The first-order valence-electron chi connectivity index (χ1n) is 8.52. The summed E-state index contributed by atoms with van der Waals surface area (Å²) >= 11 is 7.65. The van der Waals surface area contributed by atoms with Gasteiger partial charge in [0.05, 0.1) is 5.92 Å². The second-order valence-electron chi connectivity index (χ2n) is 6.16. The summed E-state index contributed by atoms with van der Waals surface area (Å²) in [5, 5.41) is 6.26. The van der Waals surface area contributed by atoms with Crippen molar-refractivity contribution in [1.82, 2.24) is 5.32 Å². The van der Waals surface area contributed by atoms with Crippen LogP contribution in [0, 0.1) is 10.5 Å². The molecular formula is C22H19IN2OS. The molecule has 0 saturated heterocycles. The van der Waals surface area contributed by atoms with Gasteiger partial charge in [0.2, 0.25) is 5.91 Å². The van der Waals surface area contributed by atoms with Crippen molar-refractivity contribution >= 4 is 51.5 Å². The lowest BCUT2D eigenvalue weighted by molar-refractivity contribution is -0.120. The van der Waals surface area contributed by atoms with Crippen LogP contribution in [0.2, 0.25) is 0 Å². The Morgan fingerprint density at radius 1 is 0.926 bits per heavy atom. The SMILES string of the molecule is Cc1cc(I)ccc1NC(=S)NC(=O)C(c1ccccc1)c1ccccc1. The molecule has 0 aliphatic carbocycles. The molecule has 0 heterocycles. The Hall–Kier alpha value is -2.25. The zero-order chi connectivity index (χ0) is 19.2. The summed E-state index contributed by atoms with van der Waals surface area (Å²) in [5.41, 5.74) is 3.81. The molecule has 2 N–H and O–H groups in total. The molecule has 0 bridgehead atoms. The first-order chi connectivity index (χ1) is 13.0. The predicted octanol–water partition coefficient (Wildman–Crippen LogP) is 5.24. The van der Waals surface area contributed by atoms with E-state index in [4.69, 9.17) is 12.2 Å². The van der Waals surface area contributed by atoms with E-state index in [1.807, 2.05) is 79.7 Å². The van der Waals surface area contributed by atoms with Gasteiger partial charge in [-0.05, 0) is 76.6 Å². The maximum Gasteiger partial charge on any atom is 0.238 e. The Labute approximate surface area is 178 Å². The van der Waals surface area contributed by atoms with Crippen molar-refractivity contribution in [3.63, 3.8) is 0 Å². The number of aryl methyl sites for hydroxylation is 1. The number of thiocarbonyl (C=S) groups is 1. The third-order valence-corrected chi connectivity index (χ3v) is 5.08. The van der Waals surface area contributed by atoms with Crippen LogP contribution in [-0.2, 0) is 4.79 Å². The first-order valence-corrected chi connectivity index (χ1v) is 10.0. The maximum absolute atomic E-state index is 13.0. The number of nitrogens with one attached hydrogen (secondary N) is 2. The minimum absolute atomic E-state index is 0.159. The molecule has 0 aliphatic heterocycles. The molecule has 3 nitrogen and oxygen atoms in total. The monoisotopic (exact) mass is 486 g/mol. The molecule has 0 aromatic heterocycles. The van der Waals surface area contributed by atoms with Crippen molar-refractivity contribution in [2.24, 2.45) is 0 Å². The lowest BCUT2D eigenvalue weighted by Gasteiger charge is -2.19. The van der Waals surface area contributed by atoms with Crippen LogP contribution in [0.4, 0.5) is 5.69 Å². The van der Waals surface area contributed by atoms with Crippen molar-refractivity contribution < 1.29 is 4.79 Å². The zero-order valence-corrected chi connectivity index (χ0v) is 17.8. The summed E-state index contributed by atoms with van der Waals surface area (Å²) in [6.07, 6.45) is 0. The molecule has 0 radical (unpaired) electrons. The van der Waals surface area contributed by atoms with Gasteiger partial charge in [0, 0.05) is 9.26 Å². The Morgan fingerprint density at radius 3 is 2.00 bits per heavy atom. The highest BCUT2D eigenvalue weighted by atomic mass is 127. The number of rotatable bonds is 4. The summed E-state index contributed by atoms with van der Waals surface area (Å²) in [5.74, 6) is -0.585. The van der Waals surface area contributed by atoms with Gasteiger partial charge in [-0.15, -0.1) is 0 Å². The van der Waals surface area contributed by atoms with Gasteiger partial charge in [0.15, 0.2) is 5.11 Å². The minimum Gasteiger partial charge on any atom is -0.332 e. The van der Waals surface area contributed by atoms with Gasteiger partial charge >= 0.3 is 0 Å². The molecule has 0 spiro atoms. The molecule has 27 heavy (non-hydrogen) atoms. The predicted molar refractivity (Wildman–Crippen MR) is 123 cm³/mol. The van der Waals surface area contributed by atoms with E-state index < -0.39 is 5.92 Å². The fourth-order valence-electron chi connectivity index (χ4n) is 2.89.